The van der Waals surface area contributed by atoms with Gasteiger partial charge in [0.2, 0.25) is 0 Å². The monoisotopic (exact) mass is 334 g/mol. The number of benzene rings is 1. The second kappa shape index (κ2) is 6.22. The second-order valence-corrected chi connectivity index (χ2v) is 5.69. The Hall–Kier alpha value is -1.62. The topological polar surface area (TPSA) is 63.8 Å². The molecule has 1 aromatic carbocycles. The molecular formula is C15H19BrN4. The molecule has 0 fully saturated rings. The lowest BCUT2D eigenvalue weighted by molar-refractivity contribution is 0.852. The molecule has 1 unspecified atom stereocenters. The van der Waals surface area contributed by atoms with Gasteiger partial charge in [-0.25, -0.2) is 9.97 Å². The van der Waals surface area contributed by atoms with Crippen molar-refractivity contribution in [1.82, 2.24) is 9.97 Å². The molecule has 0 saturated carbocycles. The fourth-order valence-corrected chi connectivity index (χ4v) is 2.36. The Balaban J connectivity index is 2.27. The van der Waals surface area contributed by atoms with Crippen LogP contribution in [0.3, 0.4) is 0 Å². The van der Waals surface area contributed by atoms with Crippen LogP contribution in [0.25, 0.3) is 0 Å². The van der Waals surface area contributed by atoms with Crippen LogP contribution in [0.5, 0.6) is 0 Å². The van der Waals surface area contributed by atoms with Gasteiger partial charge in [-0.2, -0.15) is 0 Å². The predicted octanol–water partition coefficient (Wildman–Crippen LogP) is 3.87. The van der Waals surface area contributed by atoms with E-state index in [1.807, 2.05) is 26.0 Å². The zero-order valence-electron chi connectivity index (χ0n) is 11.9. The average molecular weight is 335 g/mol. The summed E-state index contributed by atoms with van der Waals surface area (Å²) in [5, 5.41) is 3.42. The van der Waals surface area contributed by atoms with Crippen molar-refractivity contribution >= 4 is 27.6 Å². The predicted molar refractivity (Wildman–Crippen MR) is 86.7 cm³/mol. The summed E-state index contributed by atoms with van der Waals surface area (Å²) < 4.78 is 1.07. The van der Waals surface area contributed by atoms with E-state index in [1.165, 1.54) is 5.56 Å². The first kappa shape index (κ1) is 14.8. The minimum Gasteiger partial charge on any atom is -0.383 e. The van der Waals surface area contributed by atoms with E-state index < -0.39 is 0 Å². The normalized spacial score (nSPS) is 12.2. The summed E-state index contributed by atoms with van der Waals surface area (Å²) in [5.74, 6) is 2.11. The van der Waals surface area contributed by atoms with Gasteiger partial charge in [0.1, 0.15) is 17.5 Å². The molecular weight excluding hydrogens is 316 g/mol. The van der Waals surface area contributed by atoms with Gasteiger partial charge in [0.15, 0.2) is 0 Å². The summed E-state index contributed by atoms with van der Waals surface area (Å²) in [6.07, 6.45) is 0.768. The Morgan fingerprint density at radius 2 is 2.10 bits per heavy atom. The molecule has 1 aromatic heterocycles. The van der Waals surface area contributed by atoms with Gasteiger partial charge in [0.05, 0.1) is 0 Å². The van der Waals surface area contributed by atoms with E-state index in [4.69, 9.17) is 5.73 Å². The van der Waals surface area contributed by atoms with Crippen molar-refractivity contribution in [1.29, 1.82) is 0 Å². The maximum atomic E-state index is 5.94. The molecule has 3 N–H and O–H groups in total. The lowest BCUT2D eigenvalue weighted by Crippen LogP contribution is -2.12. The van der Waals surface area contributed by atoms with Crippen LogP contribution in [-0.4, -0.2) is 9.97 Å². The maximum Gasteiger partial charge on any atom is 0.135 e. The molecule has 0 amide bonds. The molecule has 2 aromatic rings. The van der Waals surface area contributed by atoms with E-state index in [2.05, 4.69) is 50.3 Å². The van der Waals surface area contributed by atoms with Gasteiger partial charge in [-0.3, -0.25) is 0 Å². The Labute approximate surface area is 128 Å². The number of hydrogen-bond acceptors (Lipinski definition) is 4. The Morgan fingerprint density at radius 3 is 2.75 bits per heavy atom. The Kier molecular flexibility index (Phi) is 4.60. The molecule has 0 saturated heterocycles. The summed E-state index contributed by atoms with van der Waals surface area (Å²) in [6, 6.07) is 8.36. The van der Waals surface area contributed by atoms with Gasteiger partial charge in [-0.15, -0.1) is 0 Å². The first-order valence-corrected chi connectivity index (χ1v) is 7.45. The van der Waals surface area contributed by atoms with E-state index in [0.717, 1.165) is 28.1 Å². The number of aromatic nitrogens is 2. The number of rotatable bonds is 4. The van der Waals surface area contributed by atoms with E-state index in [0.29, 0.717) is 5.82 Å². The van der Waals surface area contributed by atoms with Crippen molar-refractivity contribution in [2.45, 2.75) is 33.2 Å². The number of aryl methyl sites for hydroxylation is 1. The number of nitrogens with one attached hydrogen (secondary N) is 1. The molecule has 0 aliphatic heterocycles. The lowest BCUT2D eigenvalue weighted by atomic mass is 10.1. The number of nitrogens with zero attached hydrogens (tertiary/aromatic N) is 2. The van der Waals surface area contributed by atoms with Gasteiger partial charge in [-0.05, 0) is 31.5 Å². The lowest BCUT2D eigenvalue weighted by Gasteiger charge is -2.18. The fraction of sp³-hybridized carbons (Fsp3) is 0.333. The Bertz CT molecular complexity index is 613. The highest BCUT2D eigenvalue weighted by atomic mass is 79.9. The Morgan fingerprint density at radius 1 is 1.35 bits per heavy atom. The fourth-order valence-electron chi connectivity index (χ4n) is 1.95. The highest BCUT2D eigenvalue weighted by Gasteiger charge is 2.12. The van der Waals surface area contributed by atoms with Crippen LogP contribution in [0.1, 0.15) is 36.8 Å². The second-order valence-electron chi connectivity index (χ2n) is 4.77. The third-order valence-electron chi connectivity index (χ3n) is 3.25. The molecule has 0 radical (unpaired) electrons. The molecule has 1 heterocycles. The van der Waals surface area contributed by atoms with Crippen molar-refractivity contribution < 1.29 is 0 Å². The molecule has 0 bridgehead atoms. The van der Waals surface area contributed by atoms with Crippen LogP contribution < -0.4 is 11.1 Å². The van der Waals surface area contributed by atoms with E-state index in [-0.39, 0.29) is 6.04 Å². The number of halogens is 1. The molecule has 1 atom stereocenters. The van der Waals surface area contributed by atoms with Gasteiger partial charge >= 0.3 is 0 Å². The van der Waals surface area contributed by atoms with E-state index in [9.17, 15) is 0 Å². The largest absolute Gasteiger partial charge is 0.383 e. The quantitative estimate of drug-likeness (QED) is 0.890. The smallest absolute Gasteiger partial charge is 0.135 e. The minimum absolute atomic E-state index is 0.144. The molecule has 0 spiro atoms. The molecule has 4 nitrogen and oxygen atoms in total. The van der Waals surface area contributed by atoms with Crippen LogP contribution in [-0.2, 0) is 6.42 Å². The number of nitrogens with two attached hydrogens (primary N) is 1. The van der Waals surface area contributed by atoms with Crippen LogP contribution in [0.4, 0.5) is 11.6 Å². The third-order valence-corrected chi connectivity index (χ3v) is 3.74. The van der Waals surface area contributed by atoms with Crippen molar-refractivity contribution in [2.24, 2.45) is 0 Å². The first-order chi connectivity index (χ1) is 9.51. The summed E-state index contributed by atoms with van der Waals surface area (Å²) in [5.41, 5.74) is 8.02. The highest BCUT2D eigenvalue weighted by molar-refractivity contribution is 9.10. The van der Waals surface area contributed by atoms with Crippen LogP contribution in [0.15, 0.2) is 28.7 Å². The number of anilines is 2. The van der Waals surface area contributed by atoms with Gasteiger partial charge in [0, 0.05) is 22.5 Å². The average Bonchev–Trinajstić information content (AvgIpc) is 2.43. The molecule has 2 rings (SSSR count). The van der Waals surface area contributed by atoms with E-state index >= 15 is 0 Å². The highest BCUT2D eigenvalue weighted by Crippen LogP contribution is 2.24. The maximum absolute atomic E-state index is 5.94. The van der Waals surface area contributed by atoms with Crippen LogP contribution in [0, 0.1) is 6.92 Å². The van der Waals surface area contributed by atoms with Crippen LogP contribution >= 0.6 is 15.9 Å². The number of nitrogen functional groups attached to an aromatic ring is 1. The summed E-state index contributed by atoms with van der Waals surface area (Å²) in [7, 11) is 0. The van der Waals surface area contributed by atoms with Gasteiger partial charge < -0.3 is 11.1 Å². The van der Waals surface area contributed by atoms with Crippen molar-refractivity contribution in [2.75, 3.05) is 11.1 Å². The third kappa shape index (κ3) is 3.28. The molecule has 0 aliphatic carbocycles. The SMILES string of the molecule is CCc1nc(N)c(C)c(NC(C)c2cccc(Br)c2)n1. The molecule has 106 valence electrons. The van der Waals surface area contributed by atoms with E-state index in [1.54, 1.807) is 0 Å². The summed E-state index contributed by atoms with van der Waals surface area (Å²) in [4.78, 5) is 8.79. The van der Waals surface area contributed by atoms with Crippen LogP contribution in [0.2, 0.25) is 0 Å². The van der Waals surface area contributed by atoms with Gasteiger partial charge in [-0.1, -0.05) is 35.0 Å². The minimum atomic E-state index is 0.144. The standard InChI is InChI=1S/C15H19BrN4/c1-4-13-19-14(17)9(2)15(20-13)18-10(3)11-6-5-7-12(16)8-11/h5-8,10H,4H2,1-3H3,(H3,17,18,19,20). The summed E-state index contributed by atoms with van der Waals surface area (Å²) >= 11 is 3.49. The molecule has 20 heavy (non-hydrogen) atoms. The molecule has 5 heteroatoms. The first-order valence-electron chi connectivity index (χ1n) is 6.66. The zero-order chi connectivity index (χ0) is 14.7. The number of hydrogen-bond donors (Lipinski definition) is 2. The zero-order valence-corrected chi connectivity index (χ0v) is 13.5. The van der Waals surface area contributed by atoms with Crippen molar-refractivity contribution in [3.63, 3.8) is 0 Å². The summed E-state index contributed by atoms with van der Waals surface area (Å²) in [6.45, 7) is 6.06. The van der Waals surface area contributed by atoms with Crippen molar-refractivity contribution in [3.05, 3.63) is 45.7 Å². The van der Waals surface area contributed by atoms with Crippen molar-refractivity contribution in [3.8, 4) is 0 Å². The molecule has 0 aliphatic rings. The van der Waals surface area contributed by atoms with Gasteiger partial charge in [0.25, 0.3) is 0 Å².